The van der Waals surface area contributed by atoms with Crippen molar-refractivity contribution in [2.45, 2.75) is 16.7 Å². The number of non-ortho nitro benzene ring substituents is 1. The Labute approximate surface area is 235 Å². The molecule has 1 heterocycles. The summed E-state index contributed by atoms with van der Waals surface area (Å²) in [5, 5.41) is 30.7. The summed E-state index contributed by atoms with van der Waals surface area (Å²) in [5.74, 6) is -0.295. The Bertz CT molecular complexity index is 2050. The van der Waals surface area contributed by atoms with Crippen LogP contribution in [0.5, 0.6) is 0 Å². The topological polar surface area (TPSA) is 256 Å². The minimum absolute atomic E-state index is 0.0642. The number of carbonyl (C=O) groups is 1. The summed E-state index contributed by atoms with van der Waals surface area (Å²) in [5.41, 5.74) is 6.07. The number of nitro groups is 1. The third-order valence-corrected chi connectivity index (χ3v) is 8.20. The van der Waals surface area contributed by atoms with Crippen molar-refractivity contribution < 1.29 is 35.7 Å². The van der Waals surface area contributed by atoms with Gasteiger partial charge in [0.1, 0.15) is 25.9 Å². The van der Waals surface area contributed by atoms with Crippen molar-refractivity contribution in [3.05, 3.63) is 64.2 Å². The summed E-state index contributed by atoms with van der Waals surface area (Å²) < 4.78 is 67.9. The van der Waals surface area contributed by atoms with Crippen LogP contribution < -0.4 is 11.1 Å². The van der Waals surface area contributed by atoms with Crippen LogP contribution in [0.15, 0.2) is 68.6 Å². The second-order valence-corrected chi connectivity index (χ2v) is 12.1. The second-order valence-electron chi connectivity index (χ2n) is 8.28. The van der Waals surface area contributed by atoms with Gasteiger partial charge in [0.2, 0.25) is 5.91 Å². The SMILES string of the molecule is CC(=O)Nc1ccc(-c2c(N=Nc3cc(S(=O)(=O)O)c4cc([N+](=O)[O-])cc(S(=O)(=O)O)c4c3)sc(N)c2C#N)cc1. The first kappa shape index (κ1) is 29.2. The Morgan fingerprint density at radius 2 is 1.61 bits per heavy atom. The van der Waals surface area contributed by atoms with Gasteiger partial charge >= 0.3 is 0 Å². The predicted molar refractivity (Wildman–Crippen MR) is 148 cm³/mol. The first-order valence-electron chi connectivity index (χ1n) is 10.9. The lowest BCUT2D eigenvalue weighted by Crippen LogP contribution is -2.05. The van der Waals surface area contributed by atoms with Gasteiger partial charge in [-0.15, -0.1) is 10.2 Å². The summed E-state index contributed by atoms with van der Waals surface area (Å²) in [6.07, 6.45) is 0. The number of fused-ring (bicyclic) bond motifs is 1. The smallest absolute Gasteiger partial charge is 0.295 e. The number of nitro benzene ring substituents is 1. The quantitative estimate of drug-likeness (QED) is 0.0948. The van der Waals surface area contributed by atoms with Crippen molar-refractivity contribution in [3.63, 3.8) is 0 Å². The van der Waals surface area contributed by atoms with Gasteiger partial charge in [-0.25, -0.2) is 0 Å². The molecular weight excluding hydrogens is 600 g/mol. The largest absolute Gasteiger partial charge is 0.389 e. The molecule has 41 heavy (non-hydrogen) atoms. The fourth-order valence-electron chi connectivity index (χ4n) is 3.87. The van der Waals surface area contributed by atoms with Gasteiger partial charge in [-0.2, -0.15) is 22.1 Å². The Kier molecular flexibility index (Phi) is 7.58. The molecule has 4 aromatic rings. The summed E-state index contributed by atoms with van der Waals surface area (Å²) >= 11 is 0.867. The molecule has 0 aliphatic rings. The Morgan fingerprint density at radius 3 is 2.15 bits per heavy atom. The summed E-state index contributed by atoms with van der Waals surface area (Å²) in [4.78, 5) is 19.7. The average molecular weight is 617 g/mol. The lowest BCUT2D eigenvalue weighted by molar-refractivity contribution is -0.384. The van der Waals surface area contributed by atoms with Gasteiger partial charge in [0.05, 0.1) is 16.2 Å². The lowest BCUT2D eigenvalue weighted by atomic mass is 10.0. The number of nitrogens with one attached hydrogen (secondary N) is 1. The monoisotopic (exact) mass is 616 g/mol. The molecule has 0 atom stereocenters. The van der Waals surface area contributed by atoms with Crippen molar-refractivity contribution in [2.75, 3.05) is 11.1 Å². The van der Waals surface area contributed by atoms with E-state index in [1.807, 2.05) is 6.07 Å². The molecule has 0 unspecified atom stereocenters. The maximum Gasteiger partial charge on any atom is 0.295 e. The molecule has 0 saturated heterocycles. The first-order valence-corrected chi connectivity index (χ1v) is 14.6. The summed E-state index contributed by atoms with van der Waals surface area (Å²) in [6.45, 7) is 1.33. The number of benzene rings is 3. The van der Waals surface area contributed by atoms with Crippen LogP contribution in [-0.2, 0) is 25.0 Å². The van der Waals surface area contributed by atoms with Crippen LogP contribution in [0, 0.1) is 21.4 Å². The molecule has 0 aliphatic carbocycles. The van der Waals surface area contributed by atoms with Crippen LogP contribution >= 0.6 is 11.3 Å². The van der Waals surface area contributed by atoms with Gasteiger partial charge < -0.3 is 11.1 Å². The first-order chi connectivity index (χ1) is 19.1. The van der Waals surface area contributed by atoms with Crippen LogP contribution in [0.2, 0.25) is 0 Å². The number of hydrogen-bond donors (Lipinski definition) is 4. The Balaban J connectivity index is 1.93. The number of nitriles is 1. The third kappa shape index (κ3) is 6.03. The zero-order valence-electron chi connectivity index (χ0n) is 20.5. The van der Waals surface area contributed by atoms with Crippen molar-refractivity contribution in [2.24, 2.45) is 10.2 Å². The van der Waals surface area contributed by atoms with E-state index in [9.17, 15) is 46.1 Å². The average Bonchev–Trinajstić information content (AvgIpc) is 3.20. The molecule has 1 amide bonds. The molecule has 0 aliphatic heterocycles. The normalized spacial score (nSPS) is 12.0. The van der Waals surface area contributed by atoms with E-state index in [4.69, 9.17) is 5.73 Å². The predicted octanol–water partition coefficient (Wildman–Crippen LogP) is 4.80. The highest BCUT2D eigenvalue weighted by Gasteiger charge is 2.26. The van der Waals surface area contributed by atoms with Crippen LogP contribution in [0.4, 0.5) is 27.1 Å². The number of nitrogens with two attached hydrogens (primary N) is 1. The highest BCUT2D eigenvalue weighted by molar-refractivity contribution is 7.86. The fourth-order valence-corrected chi connectivity index (χ4v) is 6.16. The molecule has 18 heteroatoms. The van der Waals surface area contributed by atoms with Gasteiger partial charge in [-0.1, -0.05) is 23.5 Å². The lowest BCUT2D eigenvalue weighted by Gasteiger charge is -2.09. The van der Waals surface area contributed by atoms with E-state index in [2.05, 4.69) is 15.5 Å². The van der Waals surface area contributed by atoms with E-state index in [0.717, 1.165) is 29.5 Å². The molecule has 15 nitrogen and oxygen atoms in total. The Morgan fingerprint density at radius 1 is 1.02 bits per heavy atom. The van der Waals surface area contributed by atoms with Gasteiger partial charge in [0.25, 0.3) is 25.9 Å². The number of nitrogens with zero attached hydrogens (tertiary/aromatic N) is 4. The molecular formula is C23H16N6O9S3. The van der Waals surface area contributed by atoms with Crippen LogP contribution in [0.1, 0.15) is 12.5 Å². The molecule has 5 N–H and O–H groups in total. The van der Waals surface area contributed by atoms with E-state index in [-0.39, 0.29) is 32.7 Å². The maximum atomic E-state index is 12.2. The van der Waals surface area contributed by atoms with Gasteiger partial charge in [-0.3, -0.25) is 24.0 Å². The van der Waals surface area contributed by atoms with E-state index in [1.54, 1.807) is 24.3 Å². The number of thiophene rings is 1. The molecule has 0 bridgehead atoms. The van der Waals surface area contributed by atoms with Crippen molar-refractivity contribution >= 4 is 75.3 Å². The van der Waals surface area contributed by atoms with E-state index in [0.29, 0.717) is 17.3 Å². The number of azo groups is 1. The standard InChI is InChI=1S/C23H16N6O9S3/c1-11(30)26-13-4-2-12(3-5-13)21-18(10-24)22(25)39-23(21)28-27-14-6-16-17(19(7-14)40(33,34)35)8-15(29(31)32)9-20(16)41(36,37)38/h2-9H,25H2,1H3,(H,26,30)(H,33,34,35)(H,36,37,38). The highest BCUT2D eigenvalue weighted by Crippen LogP contribution is 2.45. The van der Waals surface area contributed by atoms with Crippen LogP contribution in [0.25, 0.3) is 21.9 Å². The van der Waals surface area contributed by atoms with E-state index in [1.165, 1.54) is 6.92 Å². The number of carbonyl (C=O) groups excluding carboxylic acids is 1. The van der Waals surface area contributed by atoms with Gasteiger partial charge in [-0.05, 0) is 29.8 Å². The minimum Gasteiger partial charge on any atom is -0.389 e. The second kappa shape index (κ2) is 10.6. The van der Waals surface area contributed by atoms with Crippen LogP contribution in [0.3, 0.4) is 0 Å². The zero-order valence-corrected chi connectivity index (χ0v) is 22.9. The minimum atomic E-state index is -5.12. The van der Waals surface area contributed by atoms with Gasteiger partial charge in [0.15, 0.2) is 0 Å². The molecule has 0 spiro atoms. The molecule has 4 rings (SSSR count). The molecule has 0 fully saturated rings. The van der Waals surface area contributed by atoms with Crippen molar-refractivity contribution in [3.8, 4) is 17.2 Å². The third-order valence-electron chi connectivity index (χ3n) is 5.51. The number of rotatable bonds is 7. The fraction of sp³-hybridized carbons (Fsp3) is 0.0435. The molecule has 1 aromatic heterocycles. The van der Waals surface area contributed by atoms with Crippen LogP contribution in [-0.4, -0.2) is 36.8 Å². The molecule has 0 radical (unpaired) electrons. The van der Waals surface area contributed by atoms with Crippen molar-refractivity contribution in [1.82, 2.24) is 0 Å². The number of amides is 1. The zero-order chi connectivity index (χ0) is 30.3. The maximum absolute atomic E-state index is 12.2. The number of nitrogen functional groups attached to an aromatic ring is 1. The van der Waals surface area contributed by atoms with Crippen molar-refractivity contribution in [1.29, 1.82) is 5.26 Å². The number of anilines is 2. The molecule has 210 valence electrons. The highest BCUT2D eigenvalue weighted by atomic mass is 32.2. The summed E-state index contributed by atoms with van der Waals surface area (Å²) in [7, 11) is -10.2. The van der Waals surface area contributed by atoms with E-state index >= 15 is 0 Å². The van der Waals surface area contributed by atoms with Gasteiger partial charge in [0, 0.05) is 41.1 Å². The molecule has 0 saturated carbocycles. The Hall–Kier alpha value is -4.80. The molecule has 3 aromatic carbocycles. The summed E-state index contributed by atoms with van der Waals surface area (Å²) in [6, 6.07) is 11.3. The van der Waals surface area contributed by atoms with E-state index < -0.39 is 51.4 Å². The number of hydrogen-bond acceptors (Lipinski definition) is 12.